The molecule has 0 aliphatic carbocycles. The maximum absolute atomic E-state index is 11.0. The minimum atomic E-state index is -0.750. The first-order chi connectivity index (χ1) is 1.73. The summed E-state index contributed by atoms with van der Waals surface area (Å²) in [6, 6.07) is 0. The summed E-state index contributed by atoms with van der Waals surface area (Å²) in [6.07, 6.45) is 0. The largest absolute Gasteiger partial charge is 0.365 e. The Morgan fingerprint density at radius 3 is 2.00 bits per heavy atom. The maximum Gasteiger partial charge on any atom is 0.365 e. The van der Waals surface area contributed by atoms with Crippen molar-refractivity contribution < 1.29 is 4.32 Å². The summed E-state index contributed by atoms with van der Waals surface area (Å²) in [6.45, 7) is 0.713. The van der Waals surface area contributed by atoms with E-state index in [2.05, 4.69) is 0 Å². The molecule has 24 valence electrons. The van der Waals surface area contributed by atoms with E-state index in [0.29, 0.717) is 0 Å². The van der Waals surface area contributed by atoms with Crippen LogP contribution in [0.15, 0.2) is 0 Å². The summed E-state index contributed by atoms with van der Waals surface area (Å²) in [5, 5.41) is 0. The molecule has 0 radical (unpaired) electrons. The minimum Gasteiger partial charge on any atom is -0.330 e. The van der Waals surface area contributed by atoms with Gasteiger partial charge in [-0.25, -0.2) is 0 Å². The van der Waals surface area contributed by atoms with E-state index in [1.165, 1.54) is 6.82 Å². The summed E-state index contributed by atoms with van der Waals surface area (Å²) < 4.78 is 11.0. The number of hydrogen-bond donors (Lipinski definition) is 0. The molecule has 0 amide bonds. The van der Waals surface area contributed by atoms with Crippen molar-refractivity contribution in [3.05, 3.63) is 0 Å². The van der Waals surface area contributed by atoms with Gasteiger partial charge >= 0.3 is 6.71 Å². The Balaban J connectivity index is 2.32. The van der Waals surface area contributed by atoms with Crippen LogP contribution in [0.25, 0.3) is 0 Å². The zero-order valence-corrected chi connectivity index (χ0v) is 3.69. The Morgan fingerprint density at radius 1 is 2.00 bits per heavy atom. The molecule has 0 aromatic heterocycles. The smallest absolute Gasteiger partial charge is 0.330 e. The summed E-state index contributed by atoms with van der Waals surface area (Å²) in [5.74, 6) is 0. The van der Waals surface area contributed by atoms with Gasteiger partial charge in [-0.1, -0.05) is 6.82 Å². The Bertz CT molecular complexity index is 12.8. The molecule has 1 unspecified atom stereocenters. The SMILES string of the molecule is CB(F)P. The van der Waals surface area contributed by atoms with Crippen LogP contribution in [0.1, 0.15) is 0 Å². The van der Waals surface area contributed by atoms with Gasteiger partial charge in [-0.15, -0.1) is 9.12 Å². The summed E-state index contributed by atoms with van der Waals surface area (Å²) >= 11 is 0. The van der Waals surface area contributed by atoms with Crippen molar-refractivity contribution in [1.82, 2.24) is 0 Å². The van der Waals surface area contributed by atoms with Crippen molar-refractivity contribution in [2.45, 2.75) is 6.82 Å². The lowest BCUT2D eigenvalue weighted by Gasteiger charge is -1.66. The first-order valence-corrected chi connectivity index (χ1v) is 1.80. The highest BCUT2D eigenvalue weighted by Crippen LogP contribution is 1.88. The maximum atomic E-state index is 11.0. The molecule has 0 aromatic carbocycles. The molecule has 0 fully saturated rings. The fraction of sp³-hybridized carbons (Fsp3) is 1.00. The van der Waals surface area contributed by atoms with Crippen LogP contribution in [-0.2, 0) is 0 Å². The third-order valence-electron chi connectivity index (χ3n) is 0. The standard InChI is InChI=1S/CH5BFP/c1-2(3)4/h4H2,1H3. The fourth-order valence-corrected chi connectivity index (χ4v) is 0. The first kappa shape index (κ1) is 4.42. The second-order valence-corrected chi connectivity index (χ2v) is 1.60. The minimum absolute atomic E-state index is 0.750. The molecule has 0 saturated heterocycles. The lowest BCUT2D eigenvalue weighted by Crippen LogP contribution is -1.74. The van der Waals surface area contributed by atoms with E-state index in [4.69, 9.17) is 0 Å². The summed E-state index contributed by atoms with van der Waals surface area (Å²) in [7, 11) is 1.99. The van der Waals surface area contributed by atoms with Gasteiger partial charge in [-0.2, -0.15) is 0 Å². The average molecular weight is 77.8 g/mol. The van der Waals surface area contributed by atoms with E-state index in [1.807, 2.05) is 9.12 Å². The Hall–Kier alpha value is 0.425. The van der Waals surface area contributed by atoms with Crippen LogP contribution in [0.5, 0.6) is 0 Å². The molecule has 1 atom stereocenters. The summed E-state index contributed by atoms with van der Waals surface area (Å²) in [5.41, 5.74) is 0. The quantitative estimate of drug-likeness (QED) is 0.299. The van der Waals surface area contributed by atoms with Crippen molar-refractivity contribution in [2.24, 2.45) is 0 Å². The number of hydrogen-bond acceptors (Lipinski definition) is 0. The predicted octanol–water partition coefficient (Wildman–Crippen LogP) is 0.949. The molecular weight excluding hydrogens is 72.8 g/mol. The van der Waals surface area contributed by atoms with Crippen LogP contribution < -0.4 is 0 Å². The van der Waals surface area contributed by atoms with E-state index in [1.54, 1.807) is 0 Å². The molecule has 0 saturated carbocycles. The lowest BCUT2D eigenvalue weighted by atomic mass is 10.1. The molecule has 0 heterocycles. The second kappa shape index (κ2) is 1.72. The zero-order valence-electron chi connectivity index (χ0n) is 2.53. The third kappa shape index (κ3) is 27.3. The van der Waals surface area contributed by atoms with Crippen LogP contribution in [-0.4, -0.2) is 6.71 Å². The second-order valence-electron chi connectivity index (χ2n) is 0.678. The van der Waals surface area contributed by atoms with Gasteiger partial charge in [-0.3, -0.25) is 0 Å². The molecule has 0 N–H and O–H groups in total. The molecule has 3 heteroatoms. The topological polar surface area (TPSA) is 0 Å². The Kier molecular flexibility index (Phi) is 1.90. The molecule has 4 heavy (non-hydrogen) atoms. The van der Waals surface area contributed by atoms with E-state index >= 15 is 0 Å². The highest BCUT2D eigenvalue weighted by molar-refractivity contribution is 7.59. The molecule has 0 aromatic rings. The molecule has 0 nitrogen and oxygen atoms in total. The van der Waals surface area contributed by atoms with Crippen molar-refractivity contribution in [1.29, 1.82) is 0 Å². The van der Waals surface area contributed by atoms with Crippen LogP contribution in [0.4, 0.5) is 4.32 Å². The molecular formula is CH5BFP. The van der Waals surface area contributed by atoms with Gasteiger partial charge in [0.05, 0.1) is 0 Å². The van der Waals surface area contributed by atoms with Crippen LogP contribution in [0.3, 0.4) is 0 Å². The number of halogens is 1. The molecule has 0 aliphatic heterocycles. The third-order valence-corrected chi connectivity index (χ3v) is 0. The molecule has 0 bridgehead atoms. The molecule has 0 spiro atoms. The molecule has 0 aliphatic rings. The van der Waals surface area contributed by atoms with Gasteiger partial charge < -0.3 is 4.32 Å². The van der Waals surface area contributed by atoms with Gasteiger partial charge in [0.2, 0.25) is 0 Å². The van der Waals surface area contributed by atoms with Crippen molar-refractivity contribution in [3.8, 4) is 0 Å². The molecule has 0 rings (SSSR count). The van der Waals surface area contributed by atoms with Crippen molar-refractivity contribution in [3.63, 3.8) is 0 Å². The fourth-order valence-electron chi connectivity index (χ4n) is 0. The van der Waals surface area contributed by atoms with Gasteiger partial charge in [-0.05, 0) is 0 Å². The van der Waals surface area contributed by atoms with Gasteiger partial charge in [0.1, 0.15) is 0 Å². The van der Waals surface area contributed by atoms with Gasteiger partial charge in [0.15, 0.2) is 0 Å². The van der Waals surface area contributed by atoms with Crippen LogP contribution >= 0.6 is 9.12 Å². The van der Waals surface area contributed by atoms with E-state index in [0.717, 1.165) is 0 Å². The Morgan fingerprint density at radius 2 is 2.00 bits per heavy atom. The first-order valence-electron chi connectivity index (χ1n) is 1.13. The van der Waals surface area contributed by atoms with Crippen LogP contribution in [0.2, 0.25) is 6.82 Å². The van der Waals surface area contributed by atoms with Crippen LogP contribution in [0, 0.1) is 0 Å². The normalized spacial score (nSPS) is 6.75. The Labute approximate surface area is 28.1 Å². The van der Waals surface area contributed by atoms with Crippen molar-refractivity contribution in [2.75, 3.05) is 0 Å². The summed E-state index contributed by atoms with van der Waals surface area (Å²) in [4.78, 5) is 0. The van der Waals surface area contributed by atoms with Gasteiger partial charge in [0.25, 0.3) is 0 Å². The monoisotopic (exact) mass is 78.0 g/mol. The van der Waals surface area contributed by atoms with E-state index in [-0.39, 0.29) is 0 Å². The van der Waals surface area contributed by atoms with E-state index < -0.39 is 6.71 Å². The number of rotatable bonds is 0. The lowest BCUT2D eigenvalue weighted by molar-refractivity contribution is 0.869. The predicted molar refractivity (Wildman–Crippen MR) is 22.4 cm³/mol. The van der Waals surface area contributed by atoms with E-state index in [9.17, 15) is 4.32 Å². The van der Waals surface area contributed by atoms with Gasteiger partial charge in [0, 0.05) is 0 Å². The zero-order chi connectivity index (χ0) is 3.58. The average Bonchev–Trinajstić information content (AvgIpc) is 0.811. The van der Waals surface area contributed by atoms with Crippen molar-refractivity contribution >= 4 is 15.8 Å². The highest BCUT2D eigenvalue weighted by atomic mass is 31.0. The highest BCUT2D eigenvalue weighted by Gasteiger charge is 1.85.